The van der Waals surface area contributed by atoms with Crippen LogP contribution >= 0.6 is 0 Å². The molecule has 0 aliphatic carbocycles. The predicted molar refractivity (Wildman–Crippen MR) is 68.2 cm³/mol. The molecule has 18 heavy (non-hydrogen) atoms. The molecule has 1 aliphatic rings. The molecular formula is C14H20FNO2. The van der Waals surface area contributed by atoms with Crippen molar-refractivity contribution < 1.29 is 13.9 Å². The van der Waals surface area contributed by atoms with Gasteiger partial charge in [-0.2, -0.15) is 0 Å². The summed E-state index contributed by atoms with van der Waals surface area (Å²) in [4.78, 5) is 0. The Morgan fingerprint density at radius 2 is 2.17 bits per heavy atom. The van der Waals surface area contributed by atoms with E-state index in [1.165, 1.54) is 13.2 Å². The first kappa shape index (κ1) is 13.3. The Morgan fingerprint density at radius 1 is 1.39 bits per heavy atom. The van der Waals surface area contributed by atoms with Gasteiger partial charge in [0.1, 0.15) is 11.6 Å². The van der Waals surface area contributed by atoms with Crippen LogP contribution in [0.25, 0.3) is 0 Å². The van der Waals surface area contributed by atoms with Crippen molar-refractivity contribution in [3.05, 3.63) is 29.6 Å². The Kier molecular flexibility index (Phi) is 4.96. The molecule has 0 saturated carbocycles. The molecule has 0 unspecified atom stereocenters. The van der Waals surface area contributed by atoms with E-state index < -0.39 is 0 Å². The highest BCUT2D eigenvalue weighted by Crippen LogP contribution is 2.17. The van der Waals surface area contributed by atoms with Crippen molar-refractivity contribution in [2.45, 2.75) is 19.4 Å². The average Bonchev–Trinajstić information content (AvgIpc) is 2.42. The van der Waals surface area contributed by atoms with Gasteiger partial charge in [-0.25, -0.2) is 4.39 Å². The van der Waals surface area contributed by atoms with Crippen molar-refractivity contribution in [2.24, 2.45) is 5.92 Å². The Bertz CT molecular complexity index is 378. The van der Waals surface area contributed by atoms with E-state index in [4.69, 9.17) is 9.47 Å². The zero-order chi connectivity index (χ0) is 12.8. The molecule has 0 bridgehead atoms. The lowest BCUT2D eigenvalue weighted by molar-refractivity contribution is 0.0662. The molecular weight excluding hydrogens is 233 g/mol. The Labute approximate surface area is 107 Å². The maximum atomic E-state index is 13.7. The maximum absolute atomic E-state index is 13.7. The van der Waals surface area contributed by atoms with E-state index in [0.29, 0.717) is 23.8 Å². The second-order valence-electron chi connectivity index (χ2n) is 4.64. The Balaban J connectivity index is 1.79. The first-order valence-corrected chi connectivity index (χ1v) is 6.40. The van der Waals surface area contributed by atoms with Gasteiger partial charge in [0.25, 0.3) is 0 Å². The summed E-state index contributed by atoms with van der Waals surface area (Å²) in [7, 11) is 1.54. The van der Waals surface area contributed by atoms with Crippen molar-refractivity contribution >= 4 is 0 Å². The summed E-state index contributed by atoms with van der Waals surface area (Å²) in [5, 5.41) is 3.31. The zero-order valence-electron chi connectivity index (χ0n) is 10.7. The molecule has 0 spiro atoms. The van der Waals surface area contributed by atoms with Crippen LogP contribution in [0.4, 0.5) is 4.39 Å². The van der Waals surface area contributed by atoms with Gasteiger partial charge < -0.3 is 14.8 Å². The van der Waals surface area contributed by atoms with Crippen molar-refractivity contribution in [3.8, 4) is 5.75 Å². The number of halogens is 1. The lowest BCUT2D eigenvalue weighted by atomic mass is 10.0. The molecule has 2 rings (SSSR count). The van der Waals surface area contributed by atoms with Crippen LogP contribution in [0.1, 0.15) is 18.4 Å². The normalized spacial score (nSPS) is 16.8. The molecule has 1 heterocycles. The third kappa shape index (κ3) is 3.68. The molecule has 3 nitrogen and oxygen atoms in total. The van der Waals surface area contributed by atoms with Gasteiger partial charge in [-0.05, 0) is 31.4 Å². The van der Waals surface area contributed by atoms with Crippen LogP contribution in [-0.4, -0.2) is 26.9 Å². The monoisotopic (exact) mass is 253 g/mol. The van der Waals surface area contributed by atoms with Crippen molar-refractivity contribution in [3.63, 3.8) is 0 Å². The topological polar surface area (TPSA) is 30.5 Å². The lowest BCUT2D eigenvalue weighted by Gasteiger charge is -2.22. The van der Waals surface area contributed by atoms with Gasteiger partial charge >= 0.3 is 0 Å². The van der Waals surface area contributed by atoms with E-state index in [9.17, 15) is 4.39 Å². The molecule has 1 aromatic carbocycles. The fourth-order valence-corrected chi connectivity index (χ4v) is 2.16. The summed E-state index contributed by atoms with van der Waals surface area (Å²) in [6.45, 7) is 3.19. The Hall–Kier alpha value is -1.13. The smallest absolute Gasteiger partial charge is 0.131 e. The zero-order valence-corrected chi connectivity index (χ0v) is 10.7. The van der Waals surface area contributed by atoms with Gasteiger partial charge in [-0.15, -0.1) is 0 Å². The molecule has 0 radical (unpaired) electrons. The molecule has 1 aromatic rings. The predicted octanol–water partition coefficient (Wildman–Crippen LogP) is 2.35. The highest BCUT2D eigenvalue weighted by molar-refractivity contribution is 5.28. The molecule has 0 aromatic heterocycles. The van der Waals surface area contributed by atoms with E-state index in [1.807, 2.05) is 0 Å². The molecule has 100 valence electrons. The van der Waals surface area contributed by atoms with E-state index >= 15 is 0 Å². The van der Waals surface area contributed by atoms with Crippen LogP contribution in [0, 0.1) is 11.7 Å². The van der Waals surface area contributed by atoms with Gasteiger partial charge in [-0.3, -0.25) is 0 Å². The van der Waals surface area contributed by atoms with E-state index in [0.717, 1.165) is 32.6 Å². The average molecular weight is 253 g/mol. The number of nitrogens with one attached hydrogen (secondary N) is 1. The number of methoxy groups -OCH3 is 1. The highest BCUT2D eigenvalue weighted by atomic mass is 19.1. The number of hydrogen-bond acceptors (Lipinski definition) is 3. The third-order valence-corrected chi connectivity index (χ3v) is 3.35. The SMILES string of the molecule is COc1ccc(CNCC2CCOCC2)c(F)c1. The molecule has 4 heteroatoms. The summed E-state index contributed by atoms with van der Waals surface area (Å²) in [5.41, 5.74) is 0.683. The number of rotatable bonds is 5. The summed E-state index contributed by atoms with van der Waals surface area (Å²) in [5.74, 6) is 0.995. The molecule has 1 aliphatic heterocycles. The number of ether oxygens (including phenoxy) is 2. The van der Waals surface area contributed by atoms with Crippen LogP contribution in [0.2, 0.25) is 0 Å². The van der Waals surface area contributed by atoms with Crippen molar-refractivity contribution in [2.75, 3.05) is 26.9 Å². The van der Waals surface area contributed by atoms with E-state index in [2.05, 4.69) is 5.32 Å². The summed E-state index contributed by atoms with van der Waals surface area (Å²) in [6.07, 6.45) is 2.19. The second-order valence-corrected chi connectivity index (χ2v) is 4.64. The third-order valence-electron chi connectivity index (χ3n) is 3.35. The fourth-order valence-electron chi connectivity index (χ4n) is 2.16. The van der Waals surface area contributed by atoms with Crippen LogP contribution < -0.4 is 10.1 Å². The van der Waals surface area contributed by atoms with Gasteiger partial charge in [0.2, 0.25) is 0 Å². The standard InChI is InChI=1S/C14H20FNO2/c1-17-13-3-2-12(14(15)8-13)10-16-9-11-4-6-18-7-5-11/h2-3,8,11,16H,4-7,9-10H2,1H3. The molecule has 0 atom stereocenters. The van der Waals surface area contributed by atoms with Gasteiger partial charge in [0.15, 0.2) is 0 Å². The largest absolute Gasteiger partial charge is 0.497 e. The lowest BCUT2D eigenvalue weighted by Crippen LogP contribution is -2.27. The van der Waals surface area contributed by atoms with Gasteiger partial charge in [0, 0.05) is 31.4 Å². The minimum absolute atomic E-state index is 0.214. The van der Waals surface area contributed by atoms with E-state index in [1.54, 1.807) is 12.1 Å². The van der Waals surface area contributed by atoms with Crippen LogP contribution in [-0.2, 0) is 11.3 Å². The van der Waals surface area contributed by atoms with Gasteiger partial charge in [0.05, 0.1) is 7.11 Å². The first-order chi connectivity index (χ1) is 8.79. The van der Waals surface area contributed by atoms with Crippen LogP contribution in [0.15, 0.2) is 18.2 Å². The summed E-state index contributed by atoms with van der Waals surface area (Å²) >= 11 is 0. The van der Waals surface area contributed by atoms with Gasteiger partial charge in [-0.1, -0.05) is 6.07 Å². The molecule has 1 N–H and O–H groups in total. The summed E-state index contributed by atoms with van der Waals surface area (Å²) in [6, 6.07) is 4.98. The van der Waals surface area contributed by atoms with Crippen molar-refractivity contribution in [1.82, 2.24) is 5.32 Å². The number of benzene rings is 1. The molecule has 0 amide bonds. The van der Waals surface area contributed by atoms with Crippen molar-refractivity contribution in [1.29, 1.82) is 0 Å². The molecule has 1 fully saturated rings. The van der Waals surface area contributed by atoms with Crippen LogP contribution in [0.5, 0.6) is 5.75 Å². The van der Waals surface area contributed by atoms with Crippen LogP contribution in [0.3, 0.4) is 0 Å². The highest BCUT2D eigenvalue weighted by Gasteiger charge is 2.13. The Morgan fingerprint density at radius 3 is 2.83 bits per heavy atom. The quantitative estimate of drug-likeness (QED) is 0.873. The van der Waals surface area contributed by atoms with E-state index in [-0.39, 0.29) is 5.82 Å². The number of hydrogen-bond donors (Lipinski definition) is 1. The fraction of sp³-hybridized carbons (Fsp3) is 0.571. The molecule has 1 saturated heterocycles. The first-order valence-electron chi connectivity index (χ1n) is 6.40. The second kappa shape index (κ2) is 6.71. The minimum Gasteiger partial charge on any atom is -0.497 e. The maximum Gasteiger partial charge on any atom is 0.131 e. The minimum atomic E-state index is -0.214. The summed E-state index contributed by atoms with van der Waals surface area (Å²) < 4.78 is 23.9.